The monoisotopic (exact) mass is 373 g/mol. The number of carbonyl (C=O) groups is 1. The number of hydrogen-bond acceptors (Lipinski definition) is 4. The van der Waals surface area contributed by atoms with Gasteiger partial charge in [-0.15, -0.1) is 0 Å². The summed E-state index contributed by atoms with van der Waals surface area (Å²) in [6.07, 6.45) is 1.72. The highest BCUT2D eigenvalue weighted by Gasteiger charge is 2.24. The molecule has 25 heavy (non-hydrogen) atoms. The van der Waals surface area contributed by atoms with Crippen molar-refractivity contribution in [3.8, 4) is 5.75 Å². The summed E-state index contributed by atoms with van der Waals surface area (Å²) < 4.78 is 43.9. The van der Waals surface area contributed by atoms with E-state index in [-0.39, 0.29) is 30.0 Å². The van der Waals surface area contributed by atoms with Crippen molar-refractivity contribution < 1.29 is 22.3 Å². The fourth-order valence-corrected chi connectivity index (χ4v) is 3.24. The molecule has 0 aliphatic carbocycles. The maximum atomic E-state index is 13.6. The third-order valence-electron chi connectivity index (χ3n) is 4.08. The van der Waals surface area contributed by atoms with E-state index in [1.54, 1.807) is 23.1 Å². The number of sulfonamides is 1. The lowest BCUT2D eigenvalue weighted by molar-refractivity contribution is 0.136. The number of ether oxygens (including phenoxy) is 1. The number of likely N-dealkylation sites (tertiary alicyclic amines) is 1. The molecule has 1 heterocycles. The summed E-state index contributed by atoms with van der Waals surface area (Å²) in [4.78, 5) is 13.8. The predicted octanol–water partition coefficient (Wildman–Crippen LogP) is 1.18. The van der Waals surface area contributed by atoms with Gasteiger partial charge in [0.1, 0.15) is 0 Å². The Balaban J connectivity index is 1.78. The molecule has 0 unspecified atom stereocenters. The van der Waals surface area contributed by atoms with Gasteiger partial charge >= 0.3 is 6.03 Å². The highest BCUT2D eigenvalue weighted by atomic mass is 32.2. The fourth-order valence-electron chi connectivity index (χ4n) is 2.66. The van der Waals surface area contributed by atoms with Crippen LogP contribution in [0.3, 0.4) is 0 Å². The van der Waals surface area contributed by atoms with Gasteiger partial charge in [0.05, 0.1) is 12.4 Å². The van der Waals surface area contributed by atoms with Gasteiger partial charge in [0.15, 0.2) is 11.6 Å². The molecule has 140 valence electrons. The van der Waals surface area contributed by atoms with E-state index in [1.807, 2.05) is 0 Å². The molecule has 1 saturated heterocycles. The van der Waals surface area contributed by atoms with E-state index in [0.717, 1.165) is 12.8 Å². The second-order valence-electron chi connectivity index (χ2n) is 5.95. The van der Waals surface area contributed by atoms with E-state index in [9.17, 15) is 17.6 Å². The van der Waals surface area contributed by atoms with Crippen LogP contribution in [0.2, 0.25) is 0 Å². The number of halogens is 1. The molecule has 0 bridgehead atoms. The molecule has 1 atom stereocenters. The number of carbonyl (C=O) groups excluding carboxylic acids is 1. The number of piperidine rings is 1. The number of benzene rings is 1. The molecule has 1 aliphatic rings. The Hall–Kier alpha value is -1.87. The van der Waals surface area contributed by atoms with Gasteiger partial charge in [-0.05, 0) is 32.0 Å². The molecule has 2 N–H and O–H groups in total. The summed E-state index contributed by atoms with van der Waals surface area (Å²) in [7, 11) is -2.00. The molecule has 0 aromatic heterocycles. The molecule has 7 nitrogen and oxygen atoms in total. The second kappa shape index (κ2) is 9.00. The first-order valence-electron chi connectivity index (χ1n) is 8.22. The lowest BCUT2D eigenvalue weighted by Gasteiger charge is -2.32. The van der Waals surface area contributed by atoms with Crippen LogP contribution in [-0.2, 0) is 10.0 Å². The highest BCUT2D eigenvalue weighted by Crippen LogP contribution is 2.20. The molecule has 0 saturated carbocycles. The summed E-state index contributed by atoms with van der Waals surface area (Å²) in [5, 5.41) is 2.61. The van der Waals surface area contributed by atoms with Crippen LogP contribution in [0, 0.1) is 11.7 Å². The van der Waals surface area contributed by atoms with Crippen molar-refractivity contribution in [2.45, 2.75) is 12.8 Å². The van der Waals surface area contributed by atoms with E-state index in [4.69, 9.17) is 4.74 Å². The number of amides is 2. The zero-order valence-electron chi connectivity index (χ0n) is 14.2. The molecular formula is C16H24FN3O4S. The minimum Gasteiger partial charge on any atom is -0.490 e. The number of nitrogens with zero attached hydrogens (tertiary/aromatic N) is 1. The normalized spacial score (nSPS) is 18.0. The Morgan fingerprint density at radius 1 is 1.40 bits per heavy atom. The van der Waals surface area contributed by atoms with Gasteiger partial charge in [-0.2, -0.15) is 0 Å². The molecule has 0 radical (unpaired) electrons. The van der Waals surface area contributed by atoms with Crippen LogP contribution in [0.4, 0.5) is 9.18 Å². The molecule has 2 rings (SSSR count). The topological polar surface area (TPSA) is 87.7 Å². The third-order valence-corrected chi connectivity index (χ3v) is 5.44. The molecule has 9 heteroatoms. The molecule has 1 aliphatic heterocycles. The van der Waals surface area contributed by atoms with E-state index in [2.05, 4.69) is 10.0 Å². The van der Waals surface area contributed by atoms with E-state index >= 15 is 0 Å². The van der Waals surface area contributed by atoms with Gasteiger partial charge in [-0.1, -0.05) is 12.1 Å². The Kier molecular flexibility index (Phi) is 7.01. The minimum atomic E-state index is -3.34. The first-order chi connectivity index (χ1) is 11.9. The smallest absolute Gasteiger partial charge is 0.317 e. The van der Waals surface area contributed by atoms with Gasteiger partial charge in [0.25, 0.3) is 0 Å². The quantitative estimate of drug-likeness (QED) is 0.751. The van der Waals surface area contributed by atoms with Crippen molar-refractivity contribution in [1.82, 2.24) is 14.9 Å². The Bertz CT molecular complexity index is 684. The number of para-hydroxylation sites is 1. The van der Waals surface area contributed by atoms with E-state index < -0.39 is 15.8 Å². The van der Waals surface area contributed by atoms with E-state index in [1.165, 1.54) is 13.1 Å². The Morgan fingerprint density at radius 2 is 2.16 bits per heavy atom. The summed E-state index contributed by atoms with van der Waals surface area (Å²) >= 11 is 0. The SMILES string of the molecule is CNS(=O)(=O)CCNC(=O)N1CCC[C@H](COc2ccccc2F)C1. The predicted molar refractivity (Wildman–Crippen MR) is 92.4 cm³/mol. The van der Waals surface area contributed by atoms with Crippen LogP contribution in [-0.4, -0.2) is 58.4 Å². The Labute approximate surface area is 147 Å². The summed E-state index contributed by atoms with van der Waals surface area (Å²) in [6.45, 7) is 1.49. The summed E-state index contributed by atoms with van der Waals surface area (Å²) in [6, 6.07) is 5.93. The van der Waals surface area contributed by atoms with Crippen LogP contribution in [0.1, 0.15) is 12.8 Å². The average molecular weight is 373 g/mol. The standard InChI is InChI=1S/C16H24FN3O4S/c1-18-25(22,23)10-8-19-16(21)20-9-4-5-13(11-20)12-24-15-7-3-2-6-14(15)17/h2-3,6-7,13,18H,4-5,8-12H2,1H3,(H,19,21)/t13-/m0/s1. The summed E-state index contributed by atoms with van der Waals surface area (Å²) in [5.74, 6) is -0.247. The molecule has 2 amide bonds. The van der Waals surface area contributed by atoms with Gasteiger partial charge in [0, 0.05) is 25.6 Å². The summed E-state index contributed by atoms with van der Waals surface area (Å²) in [5.41, 5.74) is 0. The molecule has 1 fully saturated rings. The average Bonchev–Trinajstić information content (AvgIpc) is 2.61. The van der Waals surface area contributed by atoms with Crippen molar-refractivity contribution in [2.24, 2.45) is 5.92 Å². The lowest BCUT2D eigenvalue weighted by Crippen LogP contribution is -2.47. The first-order valence-corrected chi connectivity index (χ1v) is 9.88. The van der Waals surface area contributed by atoms with E-state index in [0.29, 0.717) is 19.7 Å². The first kappa shape index (κ1) is 19.5. The third kappa shape index (κ3) is 6.17. The van der Waals surface area contributed by atoms with Gasteiger partial charge in [-0.3, -0.25) is 0 Å². The molecule has 0 spiro atoms. The second-order valence-corrected chi connectivity index (χ2v) is 8.00. The van der Waals surface area contributed by atoms with Crippen LogP contribution >= 0.6 is 0 Å². The number of hydrogen-bond donors (Lipinski definition) is 2. The highest BCUT2D eigenvalue weighted by molar-refractivity contribution is 7.89. The Morgan fingerprint density at radius 3 is 2.88 bits per heavy atom. The fraction of sp³-hybridized carbons (Fsp3) is 0.562. The van der Waals surface area contributed by atoms with Crippen molar-refractivity contribution >= 4 is 16.1 Å². The van der Waals surface area contributed by atoms with Crippen LogP contribution in [0.15, 0.2) is 24.3 Å². The van der Waals surface area contributed by atoms with Crippen molar-refractivity contribution in [1.29, 1.82) is 0 Å². The molecule has 1 aromatic rings. The number of urea groups is 1. The van der Waals surface area contributed by atoms with Crippen LogP contribution in [0.25, 0.3) is 0 Å². The number of rotatable bonds is 7. The largest absolute Gasteiger partial charge is 0.490 e. The zero-order chi connectivity index (χ0) is 18.3. The maximum Gasteiger partial charge on any atom is 0.317 e. The molecular weight excluding hydrogens is 349 g/mol. The maximum absolute atomic E-state index is 13.6. The van der Waals surface area contributed by atoms with Crippen molar-refractivity contribution in [3.05, 3.63) is 30.1 Å². The van der Waals surface area contributed by atoms with Crippen LogP contribution < -0.4 is 14.8 Å². The zero-order valence-corrected chi connectivity index (χ0v) is 15.0. The van der Waals surface area contributed by atoms with Crippen molar-refractivity contribution in [2.75, 3.05) is 39.0 Å². The molecule has 1 aromatic carbocycles. The number of nitrogens with one attached hydrogen (secondary N) is 2. The van der Waals surface area contributed by atoms with Gasteiger partial charge < -0.3 is 15.0 Å². The van der Waals surface area contributed by atoms with Crippen molar-refractivity contribution in [3.63, 3.8) is 0 Å². The van der Waals surface area contributed by atoms with Gasteiger partial charge in [0.2, 0.25) is 10.0 Å². The van der Waals surface area contributed by atoms with Gasteiger partial charge in [-0.25, -0.2) is 22.3 Å². The lowest BCUT2D eigenvalue weighted by atomic mass is 9.99. The minimum absolute atomic E-state index is 0.0505. The van der Waals surface area contributed by atoms with Crippen LogP contribution in [0.5, 0.6) is 5.75 Å².